The summed E-state index contributed by atoms with van der Waals surface area (Å²) in [6, 6.07) is 6.81. The molecular formula is C15H18ClNO4. The Morgan fingerprint density at radius 2 is 2.14 bits per heavy atom. The molecule has 1 aromatic carbocycles. The van der Waals surface area contributed by atoms with Crippen LogP contribution < -0.4 is 4.74 Å². The highest BCUT2D eigenvalue weighted by atomic mass is 35.5. The van der Waals surface area contributed by atoms with Crippen LogP contribution in [0.1, 0.15) is 19.8 Å². The maximum absolute atomic E-state index is 12.1. The van der Waals surface area contributed by atoms with Gasteiger partial charge in [-0.1, -0.05) is 23.7 Å². The van der Waals surface area contributed by atoms with E-state index < -0.39 is 11.9 Å². The van der Waals surface area contributed by atoms with Crippen molar-refractivity contribution in [1.82, 2.24) is 4.90 Å². The Hall–Kier alpha value is -1.75. The van der Waals surface area contributed by atoms with Gasteiger partial charge >= 0.3 is 5.97 Å². The van der Waals surface area contributed by atoms with Gasteiger partial charge in [-0.15, -0.1) is 0 Å². The third-order valence-corrected chi connectivity index (χ3v) is 4.11. The van der Waals surface area contributed by atoms with Gasteiger partial charge in [-0.3, -0.25) is 9.59 Å². The lowest BCUT2D eigenvalue weighted by molar-refractivity contribution is -0.143. The summed E-state index contributed by atoms with van der Waals surface area (Å²) in [7, 11) is 0. The van der Waals surface area contributed by atoms with E-state index in [0.717, 1.165) is 0 Å². The molecule has 21 heavy (non-hydrogen) atoms. The molecule has 2 unspecified atom stereocenters. The van der Waals surface area contributed by atoms with E-state index in [1.807, 2.05) is 6.07 Å². The summed E-state index contributed by atoms with van der Waals surface area (Å²) in [6.45, 7) is 2.49. The van der Waals surface area contributed by atoms with Crippen LogP contribution in [0.4, 0.5) is 0 Å². The number of hydrogen-bond acceptors (Lipinski definition) is 3. The highest BCUT2D eigenvalue weighted by Crippen LogP contribution is 2.26. The molecule has 0 bridgehead atoms. The second-order valence-corrected chi connectivity index (χ2v) is 5.50. The third-order valence-electron chi connectivity index (χ3n) is 3.80. The first kappa shape index (κ1) is 15.6. The molecule has 1 N–H and O–H groups in total. The lowest BCUT2D eigenvalue weighted by Gasteiger charge is -2.23. The second-order valence-electron chi connectivity index (χ2n) is 5.09. The van der Waals surface area contributed by atoms with Crippen LogP contribution in [0.5, 0.6) is 5.75 Å². The Bertz CT molecular complexity index is 534. The molecule has 0 aliphatic carbocycles. The molecular weight excluding hydrogens is 294 g/mol. The zero-order chi connectivity index (χ0) is 15.4. The Morgan fingerprint density at radius 1 is 1.43 bits per heavy atom. The molecule has 1 aliphatic heterocycles. The monoisotopic (exact) mass is 311 g/mol. The lowest BCUT2D eigenvalue weighted by Crippen LogP contribution is -2.38. The number of carbonyl (C=O) groups excluding carboxylic acids is 1. The van der Waals surface area contributed by atoms with E-state index in [2.05, 4.69) is 0 Å². The molecule has 1 fully saturated rings. The van der Waals surface area contributed by atoms with Crippen LogP contribution in [0, 0.1) is 5.92 Å². The highest BCUT2D eigenvalue weighted by Gasteiger charge is 2.37. The van der Waals surface area contributed by atoms with E-state index >= 15 is 0 Å². The zero-order valence-electron chi connectivity index (χ0n) is 11.8. The fourth-order valence-corrected chi connectivity index (χ4v) is 2.77. The molecule has 1 saturated heterocycles. The van der Waals surface area contributed by atoms with Crippen molar-refractivity contribution in [3.63, 3.8) is 0 Å². The van der Waals surface area contributed by atoms with Gasteiger partial charge in [0.2, 0.25) is 5.91 Å². The molecule has 1 heterocycles. The zero-order valence-corrected chi connectivity index (χ0v) is 12.5. The van der Waals surface area contributed by atoms with Crippen molar-refractivity contribution in [2.75, 3.05) is 13.2 Å². The number of para-hydroxylation sites is 1. The molecule has 1 aromatic rings. The number of hydrogen-bond donors (Lipinski definition) is 1. The minimum Gasteiger partial charge on any atom is -0.491 e. The van der Waals surface area contributed by atoms with E-state index in [1.54, 1.807) is 30.0 Å². The van der Waals surface area contributed by atoms with Gasteiger partial charge in [0.1, 0.15) is 5.75 Å². The number of carbonyl (C=O) groups is 2. The standard InChI is InChI=1S/C15H18ClNO4/c1-10-11(15(19)20)6-8-17(10)14(18)7-9-21-13-5-3-2-4-12(13)16/h2-5,10-11H,6-9H2,1H3,(H,19,20). The summed E-state index contributed by atoms with van der Waals surface area (Å²) < 4.78 is 5.48. The SMILES string of the molecule is CC1C(C(=O)O)CCN1C(=O)CCOc1ccccc1Cl. The Kier molecular flexibility index (Phi) is 5.07. The summed E-state index contributed by atoms with van der Waals surface area (Å²) in [5.74, 6) is -0.855. The summed E-state index contributed by atoms with van der Waals surface area (Å²) in [6.07, 6.45) is 0.718. The van der Waals surface area contributed by atoms with Crippen molar-refractivity contribution in [3.8, 4) is 5.75 Å². The largest absolute Gasteiger partial charge is 0.491 e. The van der Waals surface area contributed by atoms with Gasteiger partial charge in [-0.2, -0.15) is 0 Å². The molecule has 1 amide bonds. The molecule has 0 aromatic heterocycles. The van der Waals surface area contributed by atoms with E-state index in [9.17, 15) is 9.59 Å². The quantitative estimate of drug-likeness (QED) is 0.907. The summed E-state index contributed by atoms with van der Waals surface area (Å²) in [5, 5.41) is 9.57. The molecule has 5 nitrogen and oxygen atoms in total. The first-order chi connectivity index (χ1) is 10.0. The normalized spacial score (nSPS) is 21.3. The molecule has 2 rings (SSSR count). The predicted octanol–water partition coefficient (Wildman–Crippen LogP) is 2.43. The number of rotatable bonds is 5. The van der Waals surface area contributed by atoms with E-state index in [-0.39, 0.29) is 25.0 Å². The molecule has 1 aliphatic rings. The van der Waals surface area contributed by atoms with Gasteiger partial charge in [0.25, 0.3) is 0 Å². The number of benzene rings is 1. The fourth-order valence-electron chi connectivity index (χ4n) is 2.58. The number of ether oxygens (including phenoxy) is 1. The van der Waals surface area contributed by atoms with Crippen LogP contribution in [0.15, 0.2) is 24.3 Å². The molecule has 2 atom stereocenters. The number of carboxylic acids is 1. The van der Waals surface area contributed by atoms with Crippen molar-refractivity contribution in [3.05, 3.63) is 29.3 Å². The Morgan fingerprint density at radius 3 is 2.76 bits per heavy atom. The first-order valence-electron chi connectivity index (χ1n) is 6.90. The van der Waals surface area contributed by atoms with Crippen molar-refractivity contribution >= 4 is 23.5 Å². The number of amides is 1. The van der Waals surface area contributed by atoms with Crippen molar-refractivity contribution in [2.24, 2.45) is 5.92 Å². The minimum atomic E-state index is -0.842. The van der Waals surface area contributed by atoms with Crippen LogP contribution in [0.3, 0.4) is 0 Å². The lowest BCUT2D eigenvalue weighted by atomic mass is 10.0. The number of likely N-dealkylation sites (tertiary alicyclic amines) is 1. The van der Waals surface area contributed by atoms with E-state index in [4.69, 9.17) is 21.4 Å². The van der Waals surface area contributed by atoms with Crippen LogP contribution in [0.25, 0.3) is 0 Å². The Labute approximate surface area is 128 Å². The number of aliphatic carboxylic acids is 1. The van der Waals surface area contributed by atoms with E-state index in [0.29, 0.717) is 23.7 Å². The first-order valence-corrected chi connectivity index (χ1v) is 7.28. The fraction of sp³-hybridized carbons (Fsp3) is 0.467. The third kappa shape index (κ3) is 3.67. The molecule has 6 heteroatoms. The van der Waals surface area contributed by atoms with Gasteiger partial charge in [0.05, 0.1) is 24.0 Å². The minimum absolute atomic E-state index is 0.0849. The van der Waals surface area contributed by atoms with Gasteiger partial charge < -0.3 is 14.7 Å². The van der Waals surface area contributed by atoms with Crippen molar-refractivity contribution in [1.29, 1.82) is 0 Å². The van der Waals surface area contributed by atoms with Crippen molar-refractivity contribution in [2.45, 2.75) is 25.8 Å². The van der Waals surface area contributed by atoms with Crippen molar-refractivity contribution < 1.29 is 19.4 Å². The summed E-state index contributed by atoms with van der Waals surface area (Å²) in [4.78, 5) is 24.8. The predicted molar refractivity (Wildman–Crippen MR) is 78.5 cm³/mol. The summed E-state index contributed by atoms with van der Waals surface area (Å²) in [5.41, 5.74) is 0. The highest BCUT2D eigenvalue weighted by molar-refractivity contribution is 6.32. The molecule has 0 spiro atoms. The number of carboxylic acid groups (broad SMARTS) is 1. The number of nitrogens with zero attached hydrogens (tertiary/aromatic N) is 1. The van der Waals surface area contributed by atoms with Gasteiger partial charge in [0, 0.05) is 12.6 Å². The van der Waals surface area contributed by atoms with Gasteiger partial charge in [-0.05, 0) is 25.5 Å². The number of halogens is 1. The smallest absolute Gasteiger partial charge is 0.308 e. The molecule has 0 saturated carbocycles. The second kappa shape index (κ2) is 6.80. The molecule has 0 radical (unpaired) electrons. The van der Waals surface area contributed by atoms with Crippen LogP contribution in [0.2, 0.25) is 5.02 Å². The maximum Gasteiger partial charge on any atom is 0.308 e. The van der Waals surface area contributed by atoms with Crippen LogP contribution in [-0.4, -0.2) is 41.1 Å². The summed E-state index contributed by atoms with van der Waals surface area (Å²) >= 11 is 5.96. The van der Waals surface area contributed by atoms with Crippen LogP contribution in [-0.2, 0) is 9.59 Å². The molecule has 114 valence electrons. The van der Waals surface area contributed by atoms with E-state index in [1.165, 1.54) is 0 Å². The van der Waals surface area contributed by atoms with Crippen LogP contribution >= 0.6 is 11.6 Å². The Balaban J connectivity index is 1.83. The topological polar surface area (TPSA) is 66.8 Å². The maximum atomic E-state index is 12.1. The van der Waals surface area contributed by atoms with Gasteiger partial charge in [-0.25, -0.2) is 0 Å². The average molecular weight is 312 g/mol. The van der Waals surface area contributed by atoms with Gasteiger partial charge in [0.15, 0.2) is 0 Å². The average Bonchev–Trinajstić information content (AvgIpc) is 2.83.